The van der Waals surface area contributed by atoms with Crippen LogP contribution < -0.4 is 0 Å². The van der Waals surface area contributed by atoms with E-state index < -0.39 is 11.6 Å². The lowest BCUT2D eigenvalue weighted by molar-refractivity contribution is -0.230. The maximum Gasteiger partial charge on any atom is 0.160 e. The first-order valence-electron chi connectivity index (χ1n) is 10.9. The summed E-state index contributed by atoms with van der Waals surface area (Å²) in [6, 6.07) is 2.85. The number of halogens is 2. The van der Waals surface area contributed by atoms with Crippen molar-refractivity contribution < 1.29 is 23.4 Å². The van der Waals surface area contributed by atoms with Gasteiger partial charge in [0.15, 0.2) is 6.29 Å². The van der Waals surface area contributed by atoms with Crippen molar-refractivity contribution in [3.05, 3.63) is 34.9 Å². The minimum Gasteiger partial charge on any atom is -0.396 e. The highest BCUT2D eigenvalue weighted by Gasteiger charge is 2.32. The van der Waals surface area contributed by atoms with Gasteiger partial charge in [0.1, 0.15) is 11.6 Å². The third-order valence-electron chi connectivity index (χ3n) is 6.37. The standard InChI is InChI=1S/C23H34F2O3/c1-2-3-18-14-27-23(28-15-18)19-8-6-16(7-9-19)4-5-17-12-21(24)20(10-11-26)22(25)13-17/h12-13,16,18-19,23,26H,2-11,14-15H2,1H3. The number of ether oxygens (including phenoxy) is 2. The largest absolute Gasteiger partial charge is 0.396 e. The Balaban J connectivity index is 1.41. The first-order valence-corrected chi connectivity index (χ1v) is 10.9. The average Bonchev–Trinajstić information content (AvgIpc) is 2.70. The topological polar surface area (TPSA) is 38.7 Å². The molecule has 1 N–H and O–H groups in total. The molecule has 0 atom stereocenters. The molecule has 0 spiro atoms. The van der Waals surface area contributed by atoms with E-state index in [1.165, 1.54) is 25.0 Å². The molecule has 2 fully saturated rings. The van der Waals surface area contributed by atoms with Crippen LogP contribution >= 0.6 is 0 Å². The van der Waals surface area contributed by atoms with Gasteiger partial charge in [0.05, 0.1) is 13.2 Å². The van der Waals surface area contributed by atoms with Gasteiger partial charge in [0, 0.05) is 30.4 Å². The van der Waals surface area contributed by atoms with Crippen molar-refractivity contribution in [3.63, 3.8) is 0 Å². The predicted octanol–water partition coefficient (Wildman–Crippen LogP) is 5.03. The molecule has 3 nitrogen and oxygen atoms in total. The molecule has 0 bridgehead atoms. The van der Waals surface area contributed by atoms with Gasteiger partial charge in [0.2, 0.25) is 0 Å². The summed E-state index contributed by atoms with van der Waals surface area (Å²) in [5, 5.41) is 8.91. The monoisotopic (exact) mass is 396 g/mol. The zero-order valence-corrected chi connectivity index (χ0v) is 17.0. The van der Waals surface area contributed by atoms with Crippen LogP contribution in [0.3, 0.4) is 0 Å². The van der Waals surface area contributed by atoms with Crippen LogP contribution in [0.5, 0.6) is 0 Å². The molecule has 1 heterocycles. The Hall–Kier alpha value is -1.04. The zero-order valence-electron chi connectivity index (χ0n) is 17.0. The highest BCUT2D eigenvalue weighted by atomic mass is 19.1. The minimum absolute atomic E-state index is 0.0135. The molecule has 1 saturated heterocycles. The third kappa shape index (κ3) is 5.74. The molecule has 1 aromatic carbocycles. The lowest BCUT2D eigenvalue weighted by atomic mass is 9.79. The normalized spacial score (nSPS) is 28.4. The van der Waals surface area contributed by atoms with Crippen LogP contribution in [0.2, 0.25) is 0 Å². The molecule has 1 aliphatic carbocycles. The Morgan fingerprint density at radius 1 is 0.929 bits per heavy atom. The summed E-state index contributed by atoms with van der Waals surface area (Å²) in [6.45, 7) is 3.59. The molecule has 0 amide bonds. The van der Waals surface area contributed by atoms with Crippen LogP contribution in [0.4, 0.5) is 8.78 Å². The molecule has 2 aliphatic rings. The summed E-state index contributed by atoms with van der Waals surface area (Å²) >= 11 is 0. The van der Waals surface area contributed by atoms with Gasteiger partial charge in [-0.15, -0.1) is 0 Å². The van der Waals surface area contributed by atoms with Crippen molar-refractivity contribution in [2.75, 3.05) is 19.8 Å². The average molecular weight is 397 g/mol. The molecule has 3 rings (SSSR count). The summed E-state index contributed by atoms with van der Waals surface area (Å²) in [4.78, 5) is 0. The van der Waals surface area contributed by atoms with Crippen molar-refractivity contribution >= 4 is 0 Å². The predicted molar refractivity (Wildman–Crippen MR) is 105 cm³/mol. The number of benzene rings is 1. The van der Waals surface area contributed by atoms with E-state index in [0.29, 0.717) is 29.7 Å². The number of hydrogen-bond donors (Lipinski definition) is 1. The summed E-state index contributed by atoms with van der Waals surface area (Å²) in [7, 11) is 0. The SMILES string of the molecule is CCCC1COC(C2CCC(CCc3cc(F)c(CCO)c(F)c3)CC2)OC1. The van der Waals surface area contributed by atoms with E-state index >= 15 is 0 Å². The van der Waals surface area contributed by atoms with Crippen LogP contribution in [0.25, 0.3) is 0 Å². The Labute approximate surface area is 167 Å². The maximum atomic E-state index is 14.0. The first-order chi connectivity index (χ1) is 13.6. The highest BCUT2D eigenvalue weighted by Crippen LogP contribution is 2.36. The van der Waals surface area contributed by atoms with Gasteiger partial charge < -0.3 is 14.6 Å². The number of aryl methyl sites for hydroxylation is 1. The molecule has 158 valence electrons. The lowest BCUT2D eigenvalue weighted by Gasteiger charge is -2.37. The van der Waals surface area contributed by atoms with Gasteiger partial charge in [-0.25, -0.2) is 8.78 Å². The van der Waals surface area contributed by atoms with Crippen LogP contribution in [-0.4, -0.2) is 31.2 Å². The summed E-state index contributed by atoms with van der Waals surface area (Å²) in [5.41, 5.74) is 0.695. The summed E-state index contributed by atoms with van der Waals surface area (Å²) in [5.74, 6) is 0.533. The molecule has 5 heteroatoms. The Kier molecular flexibility index (Phi) is 8.24. The van der Waals surface area contributed by atoms with Crippen LogP contribution in [0, 0.1) is 29.4 Å². The molecule has 1 aliphatic heterocycles. The van der Waals surface area contributed by atoms with E-state index in [0.717, 1.165) is 45.3 Å². The fraction of sp³-hybridized carbons (Fsp3) is 0.739. The maximum absolute atomic E-state index is 14.0. The highest BCUT2D eigenvalue weighted by molar-refractivity contribution is 5.26. The van der Waals surface area contributed by atoms with Crippen molar-refractivity contribution in [2.24, 2.45) is 17.8 Å². The fourth-order valence-electron chi connectivity index (χ4n) is 4.68. The zero-order chi connectivity index (χ0) is 19.9. The van der Waals surface area contributed by atoms with E-state index in [9.17, 15) is 8.78 Å². The van der Waals surface area contributed by atoms with E-state index in [1.54, 1.807) is 0 Å². The number of aliphatic hydroxyl groups excluding tert-OH is 1. The number of aliphatic hydroxyl groups is 1. The van der Waals surface area contributed by atoms with Crippen molar-refractivity contribution in [2.45, 2.75) is 71.0 Å². The lowest BCUT2D eigenvalue weighted by Crippen LogP contribution is -2.38. The molecule has 1 saturated carbocycles. The van der Waals surface area contributed by atoms with Crippen LogP contribution in [0.1, 0.15) is 63.0 Å². The molecule has 0 aromatic heterocycles. The Morgan fingerprint density at radius 3 is 2.14 bits per heavy atom. The van der Waals surface area contributed by atoms with Crippen molar-refractivity contribution in [3.8, 4) is 0 Å². The van der Waals surface area contributed by atoms with Crippen LogP contribution in [0.15, 0.2) is 12.1 Å². The first kappa shape index (κ1) is 21.7. The quantitative estimate of drug-likeness (QED) is 0.670. The van der Waals surface area contributed by atoms with Gasteiger partial charge in [-0.05, 0) is 68.6 Å². The van der Waals surface area contributed by atoms with Gasteiger partial charge in [-0.2, -0.15) is 0 Å². The summed E-state index contributed by atoms with van der Waals surface area (Å²) < 4.78 is 40.0. The second-order valence-corrected chi connectivity index (χ2v) is 8.52. The molecular formula is C23H34F2O3. The molecular weight excluding hydrogens is 362 g/mol. The van der Waals surface area contributed by atoms with Crippen molar-refractivity contribution in [1.29, 1.82) is 0 Å². The van der Waals surface area contributed by atoms with Crippen LogP contribution in [-0.2, 0) is 22.3 Å². The van der Waals surface area contributed by atoms with Gasteiger partial charge in [0.25, 0.3) is 0 Å². The summed E-state index contributed by atoms with van der Waals surface area (Å²) in [6.07, 6.45) is 8.42. The molecule has 0 radical (unpaired) electrons. The molecule has 28 heavy (non-hydrogen) atoms. The van der Waals surface area contributed by atoms with E-state index in [1.807, 2.05) is 0 Å². The fourth-order valence-corrected chi connectivity index (χ4v) is 4.68. The number of hydrogen-bond acceptors (Lipinski definition) is 3. The van der Waals surface area contributed by atoms with Gasteiger partial charge >= 0.3 is 0 Å². The second-order valence-electron chi connectivity index (χ2n) is 8.52. The van der Waals surface area contributed by atoms with Gasteiger partial charge in [-0.1, -0.05) is 13.3 Å². The Morgan fingerprint density at radius 2 is 1.57 bits per heavy atom. The molecule has 0 unspecified atom stereocenters. The van der Waals surface area contributed by atoms with E-state index in [-0.39, 0.29) is 24.9 Å². The van der Waals surface area contributed by atoms with E-state index in [4.69, 9.17) is 14.6 Å². The van der Waals surface area contributed by atoms with E-state index in [2.05, 4.69) is 6.92 Å². The number of rotatable bonds is 8. The Bertz CT molecular complexity index is 583. The van der Waals surface area contributed by atoms with Gasteiger partial charge in [-0.3, -0.25) is 0 Å². The minimum atomic E-state index is -0.541. The second kappa shape index (κ2) is 10.7. The molecule has 1 aromatic rings. The smallest absolute Gasteiger partial charge is 0.160 e. The van der Waals surface area contributed by atoms with Crippen molar-refractivity contribution in [1.82, 2.24) is 0 Å². The third-order valence-corrected chi connectivity index (χ3v) is 6.37.